The number of hydrogen-bond donors (Lipinski definition) is 1. The highest BCUT2D eigenvalue weighted by molar-refractivity contribution is 5.98. The minimum Gasteiger partial charge on any atom is -0.337 e. The minimum atomic E-state index is 0.0909. The molecule has 1 heterocycles. The summed E-state index contributed by atoms with van der Waals surface area (Å²) in [4.78, 5) is 14.4. The molecular weight excluding hydrogens is 248 g/mol. The van der Waals surface area contributed by atoms with Gasteiger partial charge in [-0.25, -0.2) is 0 Å². The molecular formula is C17H20N2O. The predicted octanol–water partition coefficient (Wildman–Crippen LogP) is 2.65. The Kier molecular flexibility index (Phi) is 3.45. The van der Waals surface area contributed by atoms with Gasteiger partial charge < -0.3 is 10.6 Å². The highest BCUT2D eigenvalue weighted by Crippen LogP contribution is 2.20. The topological polar surface area (TPSA) is 46.3 Å². The van der Waals surface area contributed by atoms with Crippen molar-refractivity contribution in [3.63, 3.8) is 0 Å². The number of piperidine rings is 1. The number of fused-ring (bicyclic) bond motifs is 1. The number of nitrogens with two attached hydrogens (primary N) is 1. The molecule has 2 unspecified atom stereocenters. The number of nitrogens with zero attached hydrogens (tertiary/aromatic N) is 1. The molecule has 0 bridgehead atoms. The number of amides is 1. The highest BCUT2D eigenvalue weighted by atomic mass is 16.2. The van der Waals surface area contributed by atoms with Crippen molar-refractivity contribution < 1.29 is 4.79 Å². The fourth-order valence-corrected chi connectivity index (χ4v) is 2.79. The van der Waals surface area contributed by atoms with E-state index in [0.717, 1.165) is 29.3 Å². The number of carbonyl (C=O) groups excluding carboxylic acids is 1. The number of rotatable bonds is 1. The van der Waals surface area contributed by atoms with Crippen LogP contribution in [0.1, 0.15) is 23.7 Å². The summed E-state index contributed by atoms with van der Waals surface area (Å²) in [7, 11) is 0. The molecule has 1 saturated heterocycles. The van der Waals surface area contributed by atoms with E-state index in [1.54, 1.807) is 0 Å². The van der Waals surface area contributed by atoms with Gasteiger partial charge in [0.1, 0.15) is 0 Å². The van der Waals surface area contributed by atoms with Crippen LogP contribution < -0.4 is 5.73 Å². The van der Waals surface area contributed by atoms with Gasteiger partial charge in [0.2, 0.25) is 0 Å². The maximum absolute atomic E-state index is 12.6. The van der Waals surface area contributed by atoms with E-state index in [1.165, 1.54) is 0 Å². The zero-order valence-corrected chi connectivity index (χ0v) is 11.8. The molecule has 1 fully saturated rings. The lowest BCUT2D eigenvalue weighted by molar-refractivity contribution is 0.0672. The van der Waals surface area contributed by atoms with Crippen LogP contribution in [0.4, 0.5) is 0 Å². The Hall–Kier alpha value is -1.87. The summed E-state index contributed by atoms with van der Waals surface area (Å²) in [6.07, 6.45) is 0.987. The van der Waals surface area contributed by atoms with Crippen LogP contribution in [0.25, 0.3) is 10.8 Å². The molecule has 3 rings (SSSR count). The lowest BCUT2D eigenvalue weighted by Gasteiger charge is -2.35. The second-order valence-corrected chi connectivity index (χ2v) is 5.74. The summed E-state index contributed by atoms with van der Waals surface area (Å²) in [6, 6.07) is 14.1. The number of carbonyl (C=O) groups is 1. The van der Waals surface area contributed by atoms with Crippen molar-refractivity contribution in [1.29, 1.82) is 0 Å². The largest absolute Gasteiger partial charge is 0.337 e. The van der Waals surface area contributed by atoms with Gasteiger partial charge in [-0.3, -0.25) is 4.79 Å². The van der Waals surface area contributed by atoms with Crippen LogP contribution in [-0.4, -0.2) is 29.9 Å². The molecule has 2 aromatic rings. The summed E-state index contributed by atoms with van der Waals surface area (Å²) < 4.78 is 0. The van der Waals surface area contributed by atoms with E-state index in [-0.39, 0.29) is 11.9 Å². The first-order valence-corrected chi connectivity index (χ1v) is 7.19. The van der Waals surface area contributed by atoms with Crippen LogP contribution in [0.3, 0.4) is 0 Å². The molecule has 20 heavy (non-hydrogen) atoms. The maximum Gasteiger partial charge on any atom is 0.253 e. The normalized spacial score (nSPS) is 23.0. The Morgan fingerprint density at radius 3 is 2.70 bits per heavy atom. The lowest BCUT2D eigenvalue weighted by Crippen LogP contribution is -2.49. The van der Waals surface area contributed by atoms with E-state index < -0.39 is 0 Å². The van der Waals surface area contributed by atoms with Gasteiger partial charge >= 0.3 is 0 Å². The fourth-order valence-electron chi connectivity index (χ4n) is 2.79. The molecule has 2 aromatic carbocycles. The van der Waals surface area contributed by atoms with Crippen molar-refractivity contribution in [3.05, 3.63) is 48.0 Å². The van der Waals surface area contributed by atoms with Gasteiger partial charge in [0.15, 0.2) is 0 Å². The third-order valence-corrected chi connectivity index (χ3v) is 4.30. The molecule has 0 radical (unpaired) electrons. The third kappa shape index (κ3) is 2.41. The summed E-state index contributed by atoms with van der Waals surface area (Å²) >= 11 is 0. The van der Waals surface area contributed by atoms with E-state index in [9.17, 15) is 4.79 Å². The molecule has 1 aliphatic rings. The molecule has 0 aliphatic carbocycles. The molecule has 1 amide bonds. The Balaban J connectivity index is 1.85. The van der Waals surface area contributed by atoms with Crippen LogP contribution in [0.15, 0.2) is 42.5 Å². The van der Waals surface area contributed by atoms with E-state index in [1.807, 2.05) is 41.3 Å². The van der Waals surface area contributed by atoms with Crippen molar-refractivity contribution in [2.45, 2.75) is 19.4 Å². The van der Waals surface area contributed by atoms with Crippen LogP contribution in [-0.2, 0) is 0 Å². The molecule has 104 valence electrons. The van der Waals surface area contributed by atoms with Crippen molar-refractivity contribution >= 4 is 16.7 Å². The van der Waals surface area contributed by atoms with Gasteiger partial charge in [0.05, 0.1) is 0 Å². The average molecular weight is 268 g/mol. The Morgan fingerprint density at radius 1 is 1.20 bits per heavy atom. The number of benzene rings is 2. The summed E-state index contributed by atoms with van der Waals surface area (Å²) in [6.45, 7) is 3.62. The van der Waals surface area contributed by atoms with Crippen molar-refractivity contribution in [3.8, 4) is 0 Å². The summed E-state index contributed by atoms with van der Waals surface area (Å²) in [5.74, 6) is 0.591. The first-order chi connectivity index (χ1) is 9.65. The minimum absolute atomic E-state index is 0.0909. The van der Waals surface area contributed by atoms with Gasteiger partial charge in [-0.15, -0.1) is 0 Å². The monoisotopic (exact) mass is 268 g/mol. The second-order valence-electron chi connectivity index (χ2n) is 5.74. The van der Waals surface area contributed by atoms with Crippen LogP contribution in [0, 0.1) is 5.92 Å². The molecule has 2 atom stereocenters. The van der Waals surface area contributed by atoms with Gasteiger partial charge in [-0.1, -0.05) is 37.3 Å². The molecule has 1 aliphatic heterocycles. The van der Waals surface area contributed by atoms with Gasteiger partial charge in [-0.2, -0.15) is 0 Å². The average Bonchev–Trinajstić information content (AvgIpc) is 2.49. The molecule has 0 spiro atoms. The summed E-state index contributed by atoms with van der Waals surface area (Å²) in [5.41, 5.74) is 6.84. The van der Waals surface area contributed by atoms with Gasteiger partial charge in [-0.05, 0) is 35.2 Å². The van der Waals surface area contributed by atoms with Crippen molar-refractivity contribution in [1.82, 2.24) is 4.90 Å². The highest BCUT2D eigenvalue weighted by Gasteiger charge is 2.26. The Labute approximate surface area is 119 Å². The van der Waals surface area contributed by atoms with E-state index in [0.29, 0.717) is 12.5 Å². The molecule has 3 heteroatoms. The SMILES string of the molecule is CC1CCN(C(=O)c2ccc3ccccc3c2)CC1N. The Morgan fingerprint density at radius 2 is 1.95 bits per heavy atom. The maximum atomic E-state index is 12.6. The molecule has 0 saturated carbocycles. The predicted molar refractivity (Wildman–Crippen MR) is 81.6 cm³/mol. The first kappa shape index (κ1) is 13.1. The van der Waals surface area contributed by atoms with Crippen LogP contribution in [0.2, 0.25) is 0 Å². The number of hydrogen-bond acceptors (Lipinski definition) is 2. The van der Waals surface area contributed by atoms with Crippen molar-refractivity contribution in [2.24, 2.45) is 11.7 Å². The first-order valence-electron chi connectivity index (χ1n) is 7.19. The summed E-state index contributed by atoms with van der Waals surface area (Å²) in [5, 5.41) is 2.26. The third-order valence-electron chi connectivity index (χ3n) is 4.30. The van der Waals surface area contributed by atoms with Crippen LogP contribution in [0.5, 0.6) is 0 Å². The number of likely N-dealkylation sites (tertiary alicyclic amines) is 1. The van der Waals surface area contributed by atoms with E-state index in [4.69, 9.17) is 5.73 Å². The zero-order valence-electron chi connectivity index (χ0n) is 11.8. The van der Waals surface area contributed by atoms with E-state index in [2.05, 4.69) is 13.0 Å². The van der Waals surface area contributed by atoms with Gasteiger partial charge in [0, 0.05) is 24.7 Å². The van der Waals surface area contributed by atoms with Gasteiger partial charge in [0.25, 0.3) is 5.91 Å². The van der Waals surface area contributed by atoms with Crippen LogP contribution >= 0.6 is 0 Å². The Bertz CT molecular complexity index is 638. The molecule has 3 nitrogen and oxygen atoms in total. The second kappa shape index (κ2) is 5.25. The standard InChI is InChI=1S/C17H20N2O/c1-12-8-9-19(11-16(12)18)17(20)15-7-6-13-4-2-3-5-14(13)10-15/h2-7,10,12,16H,8-9,11,18H2,1H3. The quantitative estimate of drug-likeness (QED) is 0.864. The smallest absolute Gasteiger partial charge is 0.253 e. The lowest BCUT2D eigenvalue weighted by atomic mass is 9.94. The van der Waals surface area contributed by atoms with Crippen molar-refractivity contribution in [2.75, 3.05) is 13.1 Å². The van der Waals surface area contributed by atoms with E-state index >= 15 is 0 Å². The zero-order chi connectivity index (χ0) is 14.1. The molecule has 2 N–H and O–H groups in total. The fraction of sp³-hybridized carbons (Fsp3) is 0.353. The molecule has 0 aromatic heterocycles.